The summed E-state index contributed by atoms with van der Waals surface area (Å²) in [5.74, 6) is 1.89. The number of benzene rings is 2. The minimum atomic E-state index is 0.474. The highest BCUT2D eigenvalue weighted by atomic mass is 15.4. The normalized spacial score (nSPS) is 16.0. The molecule has 0 saturated heterocycles. The van der Waals surface area contributed by atoms with Gasteiger partial charge in [-0.25, -0.2) is 9.48 Å². The molecular weight excluding hydrogens is 352 g/mol. The van der Waals surface area contributed by atoms with Crippen LogP contribution in [0.1, 0.15) is 101 Å². The van der Waals surface area contributed by atoms with E-state index in [1.54, 1.807) is 0 Å². The third kappa shape index (κ3) is 3.80. The molecule has 2 nitrogen and oxygen atoms in total. The van der Waals surface area contributed by atoms with Crippen molar-refractivity contribution in [2.24, 2.45) is 4.99 Å². The summed E-state index contributed by atoms with van der Waals surface area (Å²) in [5.41, 5.74) is 8.76. The maximum Gasteiger partial charge on any atom is 0.195 e. The lowest BCUT2D eigenvalue weighted by molar-refractivity contribution is 0.572. The number of hydrogen-bond donors (Lipinski definition) is 0. The van der Waals surface area contributed by atoms with Gasteiger partial charge in [0, 0.05) is 22.3 Å². The lowest BCUT2D eigenvalue weighted by Gasteiger charge is -2.38. The lowest BCUT2D eigenvalue weighted by atomic mass is 9.86. The van der Waals surface area contributed by atoms with Gasteiger partial charge in [-0.05, 0) is 23.7 Å². The molecule has 1 aliphatic rings. The van der Waals surface area contributed by atoms with Crippen LogP contribution in [0.15, 0.2) is 41.4 Å². The van der Waals surface area contributed by atoms with E-state index in [1.807, 2.05) is 0 Å². The molecule has 0 atom stereocenters. The molecule has 3 rings (SSSR count). The molecule has 0 bridgehead atoms. The van der Waals surface area contributed by atoms with E-state index in [1.165, 1.54) is 33.6 Å². The summed E-state index contributed by atoms with van der Waals surface area (Å²) in [7, 11) is 0. The fraction of sp³-hybridized carbons (Fsp3) is 0.519. The van der Waals surface area contributed by atoms with Gasteiger partial charge in [0.2, 0.25) is 0 Å². The zero-order valence-electron chi connectivity index (χ0n) is 19.7. The summed E-state index contributed by atoms with van der Waals surface area (Å²) in [6.07, 6.45) is 2.25. The van der Waals surface area contributed by atoms with Gasteiger partial charge in [0.05, 0.1) is 6.54 Å². The summed E-state index contributed by atoms with van der Waals surface area (Å²) in [5, 5.41) is 0. The molecule has 0 saturated carbocycles. The van der Waals surface area contributed by atoms with Crippen LogP contribution in [-0.4, -0.2) is 19.4 Å². The molecule has 2 aromatic rings. The summed E-state index contributed by atoms with van der Waals surface area (Å²) in [4.78, 5) is 4.84. The first-order valence-corrected chi connectivity index (χ1v) is 11.4. The quantitative estimate of drug-likeness (QED) is 0.444. The summed E-state index contributed by atoms with van der Waals surface area (Å²) in [6.45, 7) is 20.5. The molecule has 0 fully saturated rings. The molecule has 0 radical (unpaired) electrons. The third-order valence-electron chi connectivity index (χ3n) is 6.34. The Bertz CT molecular complexity index is 771. The highest BCUT2D eigenvalue weighted by molar-refractivity contribution is 5.90. The molecule has 0 spiro atoms. The smallest absolute Gasteiger partial charge is 0.195 e. The van der Waals surface area contributed by atoms with E-state index in [2.05, 4.69) is 98.1 Å². The van der Waals surface area contributed by atoms with Crippen molar-refractivity contribution in [2.75, 3.05) is 13.1 Å². The van der Waals surface area contributed by atoms with Gasteiger partial charge < -0.3 is 0 Å². The van der Waals surface area contributed by atoms with Crippen molar-refractivity contribution in [1.82, 2.24) is 4.48 Å². The van der Waals surface area contributed by atoms with Crippen LogP contribution in [0.2, 0.25) is 0 Å². The largest absolute Gasteiger partial charge is 0.235 e. The fourth-order valence-corrected chi connectivity index (χ4v) is 4.87. The van der Waals surface area contributed by atoms with Gasteiger partial charge in [-0.1, -0.05) is 91.8 Å². The van der Waals surface area contributed by atoms with Crippen molar-refractivity contribution < 1.29 is 0 Å². The zero-order valence-corrected chi connectivity index (χ0v) is 19.7. The Morgan fingerprint density at radius 1 is 0.621 bits per heavy atom. The molecule has 2 aromatic carbocycles. The summed E-state index contributed by atoms with van der Waals surface area (Å²) < 4.78 is 0.768. The van der Waals surface area contributed by atoms with E-state index in [0.29, 0.717) is 23.7 Å². The van der Waals surface area contributed by atoms with E-state index in [9.17, 15) is 0 Å². The minimum absolute atomic E-state index is 0.474. The van der Waals surface area contributed by atoms with Crippen molar-refractivity contribution >= 4 is 17.7 Å². The first kappa shape index (κ1) is 21.8. The van der Waals surface area contributed by atoms with Crippen LogP contribution in [-0.2, 0) is 0 Å². The second-order valence-corrected chi connectivity index (χ2v) is 9.80. The molecule has 2 heteroatoms. The summed E-state index contributed by atoms with van der Waals surface area (Å²) >= 11 is 0. The van der Waals surface area contributed by atoms with Gasteiger partial charge in [0.15, 0.2) is 17.7 Å². The number of aliphatic imine (C=N–C) groups is 1. The van der Waals surface area contributed by atoms with Crippen LogP contribution in [0.25, 0.3) is 0 Å². The van der Waals surface area contributed by atoms with Crippen molar-refractivity contribution in [3.8, 4) is 0 Å². The molecule has 0 aromatic heterocycles. The molecule has 0 amide bonds. The predicted octanol–water partition coefficient (Wildman–Crippen LogP) is 7.86. The van der Waals surface area contributed by atoms with E-state index < -0.39 is 0 Å². The second-order valence-electron chi connectivity index (χ2n) is 9.80. The van der Waals surface area contributed by atoms with Crippen LogP contribution in [0.3, 0.4) is 0 Å². The summed E-state index contributed by atoms with van der Waals surface area (Å²) in [6, 6.07) is 13.8. The molecule has 0 N–H and O–H groups in total. The van der Waals surface area contributed by atoms with Crippen LogP contribution in [0, 0.1) is 0 Å². The highest BCUT2D eigenvalue weighted by Gasteiger charge is 2.43. The topological polar surface area (TPSA) is 12.4 Å². The molecule has 29 heavy (non-hydrogen) atoms. The van der Waals surface area contributed by atoms with Gasteiger partial charge >= 0.3 is 0 Å². The molecule has 1 aliphatic heterocycles. The monoisotopic (exact) mass is 391 g/mol. The third-order valence-corrected chi connectivity index (χ3v) is 6.34. The Balaban J connectivity index is 2.47. The average Bonchev–Trinajstić information content (AvgIpc) is 3.17. The van der Waals surface area contributed by atoms with Gasteiger partial charge in [0.25, 0.3) is 0 Å². The zero-order chi connectivity index (χ0) is 21.3. The Hall–Kier alpha value is -1.93. The molecule has 156 valence electrons. The lowest BCUT2D eigenvalue weighted by Crippen LogP contribution is -2.44. The van der Waals surface area contributed by atoms with Gasteiger partial charge in [-0.3, -0.25) is 0 Å². The van der Waals surface area contributed by atoms with Crippen LogP contribution < -0.4 is 4.48 Å². The first-order valence-electron chi connectivity index (χ1n) is 11.4. The van der Waals surface area contributed by atoms with Crippen molar-refractivity contribution in [2.45, 2.75) is 79.1 Å². The maximum absolute atomic E-state index is 4.84. The number of nitrogens with zero attached hydrogens (tertiary/aromatic N) is 2. The van der Waals surface area contributed by atoms with Crippen molar-refractivity contribution in [3.05, 3.63) is 58.7 Å². The second kappa shape index (κ2) is 8.44. The molecule has 0 aliphatic carbocycles. The predicted molar refractivity (Wildman–Crippen MR) is 129 cm³/mol. The fourth-order valence-electron chi connectivity index (χ4n) is 4.87. The Morgan fingerprint density at radius 3 is 1.21 bits per heavy atom. The maximum atomic E-state index is 4.84. The average molecular weight is 392 g/mol. The minimum Gasteiger partial charge on any atom is -0.235 e. The standard InChI is InChI=1S/C27H39N2/c1-18(2)22-11-9-12-23(19(3)4)26(22)29(16-15-28-17-29)27-24(20(5)6)13-10-14-25(27)21(7)8/h9-14,17-21H,15-16H2,1-8H3/q+1. The number of para-hydroxylation sites is 2. The Labute approximate surface area is 178 Å². The van der Waals surface area contributed by atoms with Crippen molar-refractivity contribution in [1.29, 1.82) is 0 Å². The van der Waals surface area contributed by atoms with E-state index in [-0.39, 0.29) is 0 Å². The first-order chi connectivity index (χ1) is 13.7. The SMILES string of the molecule is CC(C)c1cccc(C(C)C)c1[N+]1(c2c(C(C)C)cccc2C(C)C)C=NCC1. The Kier molecular flexibility index (Phi) is 6.33. The number of quaternary nitrogens is 1. The van der Waals surface area contributed by atoms with Gasteiger partial charge in [0.1, 0.15) is 6.54 Å². The van der Waals surface area contributed by atoms with Gasteiger partial charge in [-0.15, -0.1) is 0 Å². The Morgan fingerprint density at radius 2 is 0.966 bits per heavy atom. The van der Waals surface area contributed by atoms with Gasteiger partial charge in [-0.2, -0.15) is 0 Å². The van der Waals surface area contributed by atoms with E-state index in [0.717, 1.165) is 17.6 Å². The van der Waals surface area contributed by atoms with E-state index >= 15 is 0 Å². The highest BCUT2D eigenvalue weighted by Crippen LogP contribution is 2.49. The van der Waals surface area contributed by atoms with Crippen molar-refractivity contribution in [3.63, 3.8) is 0 Å². The molecule has 1 heterocycles. The number of rotatable bonds is 6. The van der Waals surface area contributed by atoms with Crippen LogP contribution >= 0.6 is 0 Å². The molecular formula is C27H39N2+. The molecule has 0 unspecified atom stereocenters. The number of hydrogen-bond acceptors (Lipinski definition) is 1. The van der Waals surface area contributed by atoms with Crippen LogP contribution in [0.4, 0.5) is 11.4 Å². The van der Waals surface area contributed by atoms with E-state index in [4.69, 9.17) is 4.99 Å². The van der Waals surface area contributed by atoms with Crippen LogP contribution in [0.5, 0.6) is 0 Å².